The van der Waals surface area contributed by atoms with E-state index in [0.29, 0.717) is 6.42 Å². The topological polar surface area (TPSA) is 49.3 Å². The molecule has 1 aliphatic carbocycles. The van der Waals surface area contributed by atoms with Crippen molar-refractivity contribution in [3.8, 4) is 0 Å². The van der Waals surface area contributed by atoms with Crippen molar-refractivity contribution in [2.75, 3.05) is 6.61 Å². The Labute approximate surface area is 135 Å². The molecule has 116 valence electrons. The second-order valence-electron chi connectivity index (χ2n) is 6.20. The standard InChI is InChI=1S/C17H24BrNO2/c1-13(14-5-7-15(18)8-6-14)11-16(21)19-17(12-20)9-3-2-4-10-17/h5-8,13,20H,2-4,9-12H2,1H3,(H,19,21). The van der Waals surface area contributed by atoms with Gasteiger partial charge in [0, 0.05) is 10.9 Å². The Balaban J connectivity index is 1.92. The summed E-state index contributed by atoms with van der Waals surface area (Å²) in [7, 11) is 0. The Morgan fingerprint density at radius 3 is 2.48 bits per heavy atom. The number of benzene rings is 1. The molecular formula is C17H24BrNO2. The Kier molecular flexibility index (Phi) is 5.82. The molecule has 1 aliphatic rings. The lowest BCUT2D eigenvalue weighted by Crippen LogP contribution is -2.52. The van der Waals surface area contributed by atoms with Crippen molar-refractivity contribution in [3.05, 3.63) is 34.3 Å². The second-order valence-corrected chi connectivity index (χ2v) is 7.12. The monoisotopic (exact) mass is 353 g/mol. The largest absolute Gasteiger partial charge is 0.394 e. The number of carbonyl (C=O) groups is 1. The van der Waals surface area contributed by atoms with Crippen LogP contribution in [0, 0.1) is 0 Å². The van der Waals surface area contributed by atoms with E-state index in [-0.39, 0.29) is 24.0 Å². The molecular weight excluding hydrogens is 330 g/mol. The number of hydrogen-bond donors (Lipinski definition) is 2. The SMILES string of the molecule is CC(CC(=O)NC1(CO)CCCCC1)c1ccc(Br)cc1. The maximum atomic E-state index is 12.3. The molecule has 3 nitrogen and oxygen atoms in total. The highest BCUT2D eigenvalue weighted by atomic mass is 79.9. The Morgan fingerprint density at radius 1 is 1.29 bits per heavy atom. The number of nitrogens with one attached hydrogen (secondary N) is 1. The van der Waals surface area contributed by atoms with Gasteiger partial charge in [-0.3, -0.25) is 4.79 Å². The molecule has 1 fully saturated rings. The molecule has 2 N–H and O–H groups in total. The highest BCUT2D eigenvalue weighted by Crippen LogP contribution is 2.28. The highest BCUT2D eigenvalue weighted by Gasteiger charge is 2.33. The zero-order valence-corrected chi connectivity index (χ0v) is 14.2. The van der Waals surface area contributed by atoms with Gasteiger partial charge in [0.2, 0.25) is 5.91 Å². The van der Waals surface area contributed by atoms with Crippen LogP contribution in [0.4, 0.5) is 0 Å². The van der Waals surface area contributed by atoms with Gasteiger partial charge in [0.05, 0.1) is 12.1 Å². The number of amides is 1. The van der Waals surface area contributed by atoms with Crippen molar-refractivity contribution in [2.45, 2.75) is 56.9 Å². The maximum Gasteiger partial charge on any atom is 0.221 e. The maximum absolute atomic E-state index is 12.3. The lowest BCUT2D eigenvalue weighted by atomic mass is 9.82. The van der Waals surface area contributed by atoms with E-state index in [1.807, 2.05) is 24.3 Å². The number of carbonyl (C=O) groups excluding carboxylic acids is 1. The first-order valence-corrected chi connectivity index (χ1v) is 8.51. The predicted octanol–water partition coefficient (Wildman–Crippen LogP) is 3.75. The summed E-state index contributed by atoms with van der Waals surface area (Å²) in [5, 5.41) is 12.7. The van der Waals surface area contributed by atoms with Crippen molar-refractivity contribution in [3.63, 3.8) is 0 Å². The van der Waals surface area contributed by atoms with Gasteiger partial charge in [-0.1, -0.05) is 54.2 Å². The molecule has 0 spiro atoms. The summed E-state index contributed by atoms with van der Waals surface area (Å²) in [6, 6.07) is 8.09. The number of aliphatic hydroxyl groups is 1. The Bertz CT molecular complexity index is 466. The van der Waals surface area contributed by atoms with E-state index in [4.69, 9.17) is 0 Å². The van der Waals surface area contributed by atoms with Crippen molar-refractivity contribution in [1.29, 1.82) is 0 Å². The van der Waals surface area contributed by atoms with Crippen LogP contribution in [0.5, 0.6) is 0 Å². The van der Waals surface area contributed by atoms with Crippen molar-refractivity contribution in [2.24, 2.45) is 0 Å². The third-order valence-electron chi connectivity index (χ3n) is 4.45. The molecule has 1 aromatic rings. The van der Waals surface area contributed by atoms with Crippen LogP contribution in [0.15, 0.2) is 28.7 Å². The van der Waals surface area contributed by atoms with Crippen LogP contribution in [0.3, 0.4) is 0 Å². The molecule has 1 amide bonds. The number of aliphatic hydroxyl groups excluding tert-OH is 1. The predicted molar refractivity (Wildman–Crippen MR) is 88.2 cm³/mol. The van der Waals surface area contributed by atoms with E-state index >= 15 is 0 Å². The molecule has 0 heterocycles. The van der Waals surface area contributed by atoms with Gasteiger partial charge in [-0.15, -0.1) is 0 Å². The molecule has 0 aliphatic heterocycles. The molecule has 21 heavy (non-hydrogen) atoms. The van der Waals surface area contributed by atoms with Crippen molar-refractivity contribution in [1.82, 2.24) is 5.32 Å². The van der Waals surface area contributed by atoms with Gasteiger partial charge < -0.3 is 10.4 Å². The van der Waals surface area contributed by atoms with E-state index in [2.05, 4.69) is 28.2 Å². The molecule has 2 rings (SSSR count). The van der Waals surface area contributed by atoms with Crippen LogP contribution in [0.1, 0.15) is 56.9 Å². The van der Waals surface area contributed by atoms with Gasteiger partial charge in [-0.2, -0.15) is 0 Å². The quantitative estimate of drug-likeness (QED) is 0.846. The molecule has 0 radical (unpaired) electrons. The van der Waals surface area contributed by atoms with Gasteiger partial charge in [0.15, 0.2) is 0 Å². The fourth-order valence-electron chi connectivity index (χ4n) is 3.09. The van der Waals surface area contributed by atoms with E-state index in [1.54, 1.807) is 0 Å². The van der Waals surface area contributed by atoms with Gasteiger partial charge >= 0.3 is 0 Å². The Morgan fingerprint density at radius 2 is 1.90 bits per heavy atom. The molecule has 1 unspecified atom stereocenters. The second kappa shape index (κ2) is 7.41. The summed E-state index contributed by atoms with van der Waals surface area (Å²) in [6.45, 7) is 2.11. The summed E-state index contributed by atoms with van der Waals surface area (Å²) in [5.74, 6) is 0.221. The van der Waals surface area contributed by atoms with Crippen LogP contribution in [-0.2, 0) is 4.79 Å². The van der Waals surface area contributed by atoms with Crippen LogP contribution in [0.25, 0.3) is 0 Å². The summed E-state index contributed by atoms with van der Waals surface area (Å²) < 4.78 is 1.05. The summed E-state index contributed by atoms with van der Waals surface area (Å²) >= 11 is 3.42. The van der Waals surface area contributed by atoms with Gasteiger partial charge in [-0.25, -0.2) is 0 Å². The van der Waals surface area contributed by atoms with Crippen molar-refractivity contribution < 1.29 is 9.90 Å². The molecule has 1 saturated carbocycles. The average Bonchev–Trinajstić information content (AvgIpc) is 2.48. The zero-order chi connectivity index (χ0) is 15.3. The van der Waals surface area contributed by atoms with E-state index in [0.717, 1.165) is 35.7 Å². The average molecular weight is 354 g/mol. The molecule has 0 saturated heterocycles. The number of halogens is 1. The van der Waals surface area contributed by atoms with Crippen LogP contribution >= 0.6 is 15.9 Å². The normalized spacial score (nSPS) is 19.0. The van der Waals surface area contributed by atoms with E-state index < -0.39 is 0 Å². The fourth-order valence-corrected chi connectivity index (χ4v) is 3.35. The van der Waals surface area contributed by atoms with Crippen molar-refractivity contribution >= 4 is 21.8 Å². The summed E-state index contributed by atoms with van der Waals surface area (Å²) in [5.41, 5.74) is 0.782. The first kappa shape index (κ1) is 16.5. The van der Waals surface area contributed by atoms with E-state index in [9.17, 15) is 9.90 Å². The van der Waals surface area contributed by atoms with Gasteiger partial charge in [0.1, 0.15) is 0 Å². The first-order chi connectivity index (χ1) is 10.0. The lowest BCUT2D eigenvalue weighted by Gasteiger charge is -2.36. The molecule has 4 heteroatoms. The first-order valence-electron chi connectivity index (χ1n) is 7.72. The molecule has 1 aromatic carbocycles. The zero-order valence-electron chi connectivity index (χ0n) is 12.6. The third kappa shape index (κ3) is 4.55. The van der Waals surface area contributed by atoms with Crippen LogP contribution < -0.4 is 5.32 Å². The third-order valence-corrected chi connectivity index (χ3v) is 4.98. The van der Waals surface area contributed by atoms with Gasteiger partial charge in [0.25, 0.3) is 0 Å². The number of rotatable bonds is 5. The van der Waals surface area contributed by atoms with Crippen LogP contribution in [0.2, 0.25) is 0 Å². The van der Waals surface area contributed by atoms with Gasteiger partial charge in [-0.05, 0) is 36.5 Å². The molecule has 0 aromatic heterocycles. The van der Waals surface area contributed by atoms with E-state index in [1.165, 1.54) is 6.42 Å². The minimum atomic E-state index is -0.380. The minimum Gasteiger partial charge on any atom is -0.394 e. The number of hydrogen-bond acceptors (Lipinski definition) is 2. The fraction of sp³-hybridized carbons (Fsp3) is 0.588. The minimum absolute atomic E-state index is 0.0429. The summed E-state index contributed by atoms with van der Waals surface area (Å²) in [4.78, 5) is 12.3. The van der Waals surface area contributed by atoms with Crippen LogP contribution in [-0.4, -0.2) is 23.2 Å². The highest BCUT2D eigenvalue weighted by molar-refractivity contribution is 9.10. The Hall–Kier alpha value is -0.870. The lowest BCUT2D eigenvalue weighted by molar-refractivity contribution is -0.124. The molecule has 1 atom stereocenters. The smallest absolute Gasteiger partial charge is 0.221 e. The molecule has 0 bridgehead atoms. The summed E-state index contributed by atoms with van der Waals surface area (Å²) in [6.07, 6.45) is 5.62.